The van der Waals surface area contributed by atoms with Crippen molar-refractivity contribution in [3.8, 4) is 0 Å². The fourth-order valence-corrected chi connectivity index (χ4v) is 2.92. The Bertz CT molecular complexity index is 868. The van der Waals surface area contributed by atoms with Gasteiger partial charge in [0.2, 0.25) is 5.78 Å². The Morgan fingerprint density at radius 2 is 1.38 bits per heavy atom. The van der Waals surface area contributed by atoms with Crippen molar-refractivity contribution in [2.24, 2.45) is 0 Å². The zero-order valence-corrected chi connectivity index (χ0v) is 15.3. The quantitative estimate of drug-likeness (QED) is 0.491. The van der Waals surface area contributed by atoms with E-state index < -0.39 is 17.7 Å². The molecule has 2 nitrogen and oxygen atoms in total. The van der Waals surface area contributed by atoms with Gasteiger partial charge in [0.1, 0.15) is 6.04 Å². The summed E-state index contributed by atoms with van der Waals surface area (Å²) in [5, 5.41) is 2.82. The first-order valence-electron chi connectivity index (χ1n) is 8.03. The number of hydrogen-bond donors (Lipinski definition) is 1. The Morgan fingerprint density at radius 3 is 1.96 bits per heavy atom. The third kappa shape index (κ3) is 3.99. The maximum absolute atomic E-state index is 15.2. The van der Waals surface area contributed by atoms with Gasteiger partial charge in [-0.05, 0) is 29.8 Å². The van der Waals surface area contributed by atoms with Crippen LogP contribution in [0.4, 0.5) is 14.5 Å². The number of benzene rings is 3. The lowest BCUT2D eigenvalue weighted by atomic mass is 9.93. The van der Waals surface area contributed by atoms with Crippen LogP contribution in [0.2, 0.25) is 0 Å². The first-order chi connectivity index (χ1) is 12.5. The third-order valence-electron chi connectivity index (χ3n) is 3.99. The topological polar surface area (TPSA) is 29.1 Å². The van der Waals surface area contributed by atoms with Gasteiger partial charge in [-0.3, -0.25) is 4.79 Å². The van der Waals surface area contributed by atoms with Crippen molar-refractivity contribution >= 4 is 27.4 Å². The molecule has 26 heavy (non-hydrogen) atoms. The summed E-state index contributed by atoms with van der Waals surface area (Å²) < 4.78 is 31.2. The maximum Gasteiger partial charge on any atom is 0.333 e. The van der Waals surface area contributed by atoms with Gasteiger partial charge in [0.15, 0.2) is 0 Å². The van der Waals surface area contributed by atoms with Gasteiger partial charge in [0.25, 0.3) is 0 Å². The second-order valence-electron chi connectivity index (χ2n) is 5.81. The second-order valence-corrected chi connectivity index (χ2v) is 6.73. The Morgan fingerprint density at radius 1 is 0.846 bits per heavy atom. The lowest BCUT2D eigenvalue weighted by Gasteiger charge is -2.28. The van der Waals surface area contributed by atoms with Crippen LogP contribution in [-0.2, 0) is 0 Å². The largest absolute Gasteiger partial charge is 0.372 e. The summed E-state index contributed by atoms with van der Waals surface area (Å²) >= 11 is 3.30. The SMILES string of the molecule is O=C(c1ccccc1)C(F)(F)C(Nc1ccccc1)c1ccc(Br)cc1. The van der Waals surface area contributed by atoms with Crippen molar-refractivity contribution in [1.82, 2.24) is 0 Å². The van der Waals surface area contributed by atoms with Crippen LogP contribution in [0.1, 0.15) is 22.0 Å². The molecule has 0 fully saturated rings. The van der Waals surface area contributed by atoms with Gasteiger partial charge >= 0.3 is 5.92 Å². The van der Waals surface area contributed by atoms with Gasteiger partial charge in [-0.1, -0.05) is 76.6 Å². The van der Waals surface area contributed by atoms with Gasteiger partial charge in [-0.15, -0.1) is 0 Å². The first-order valence-corrected chi connectivity index (χ1v) is 8.82. The molecule has 1 atom stereocenters. The van der Waals surface area contributed by atoms with Crippen molar-refractivity contribution in [1.29, 1.82) is 0 Å². The summed E-state index contributed by atoms with van der Waals surface area (Å²) in [5.74, 6) is -4.85. The summed E-state index contributed by atoms with van der Waals surface area (Å²) in [4.78, 5) is 12.5. The number of hydrogen-bond acceptors (Lipinski definition) is 2. The molecule has 0 amide bonds. The number of halogens is 3. The standard InChI is InChI=1S/C21H16BrF2NO/c22-17-13-11-15(12-14-17)19(25-18-9-5-2-6-10-18)21(23,24)20(26)16-7-3-1-4-8-16/h1-14,19,25H. The molecule has 1 N–H and O–H groups in total. The van der Waals surface area contributed by atoms with Crippen LogP contribution in [0.5, 0.6) is 0 Å². The van der Waals surface area contributed by atoms with Gasteiger partial charge in [0.05, 0.1) is 0 Å². The fourth-order valence-electron chi connectivity index (χ4n) is 2.65. The maximum atomic E-state index is 15.2. The Kier molecular flexibility index (Phi) is 5.47. The summed E-state index contributed by atoms with van der Waals surface area (Å²) in [6.45, 7) is 0. The molecule has 132 valence electrons. The molecule has 3 rings (SSSR count). The van der Waals surface area contributed by atoms with Crippen LogP contribution in [0.15, 0.2) is 89.4 Å². The van der Waals surface area contributed by atoms with E-state index in [2.05, 4.69) is 21.2 Å². The fraction of sp³-hybridized carbons (Fsp3) is 0.0952. The zero-order valence-electron chi connectivity index (χ0n) is 13.7. The number of carbonyl (C=O) groups is 1. The van der Waals surface area contributed by atoms with Crippen LogP contribution in [-0.4, -0.2) is 11.7 Å². The highest BCUT2D eigenvalue weighted by Crippen LogP contribution is 2.37. The van der Waals surface area contributed by atoms with Gasteiger partial charge in [0, 0.05) is 15.7 Å². The molecule has 3 aromatic carbocycles. The molecular weight excluding hydrogens is 400 g/mol. The zero-order chi connectivity index (χ0) is 18.6. The number of anilines is 1. The van der Waals surface area contributed by atoms with E-state index in [-0.39, 0.29) is 5.56 Å². The van der Waals surface area contributed by atoms with E-state index in [4.69, 9.17) is 0 Å². The number of ketones is 1. The number of nitrogens with one attached hydrogen (secondary N) is 1. The molecule has 0 bridgehead atoms. The summed E-state index contributed by atoms with van der Waals surface area (Å²) in [6, 6.07) is 21.3. The van der Waals surface area contributed by atoms with Crippen molar-refractivity contribution in [2.75, 3.05) is 5.32 Å². The molecule has 3 aromatic rings. The Labute approximate surface area is 159 Å². The normalized spacial score (nSPS) is 12.4. The molecule has 0 saturated heterocycles. The molecule has 0 aromatic heterocycles. The van der Waals surface area contributed by atoms with Gasteiger partial charge in [-0.25, -0.2) is 0 Å². The smallest absolute Gasteiger partial charge is 0.333 e. The number of para-hydroxylation sites is 1. The highest BCUT2D eigenvalue weighted by molar-refractivity contribution is 9.10. The minimum atomic E-state index is -3.63. The minimum absolute atomic E-state index is 0.0190. The molecular formula is C21H16BrF2NO. The average molecular weight is 416 g/mol. The van der Waals surface area contributed by atoms with Crippen molar-refractivity contribution < 1.29 is 13.6 Å². The van der Waals surface area contributed by atoms with Crippen LogP contribution in [0.25, 0.3) is 0 Å². The molecule has 0 heterocycles. The second kappa shape index (κ2) is 7.79. The predicted octanol–water partition coefficient (Wildman–Crippen LogP) is 6.12. The summed E-state index contributed by atoms with van der Waals surface area (Å²) in [5.41, 5.74) is 0.821. The lowest BCUT2D eigenvalue weighted by molar-refractivity contribution is -0.00268. The molecule has 0 aliphatic heterocycles. The molecule has 0 radical (unpaired) electrons. The van der Waals surface area contributed by atoms with Crippen LogP contribution >= 0.6 is 15.9 Å². The van der Waals surface area contributed by atoms with Crippen molar-refractivity contribution in [3.63, 3.8) is 0 Å². The molecule has 1 unspecified atom stereocenters. The van der Waals surface area contributed by atoms with Crippen LogP contribution < -0.4 is 5.32 Å². The molecule has 0 spiro atoms. The lowest BCUT2D eigenvalue weighted by Crippen LogP contribution is -2.40. The first kappa shape index (κ1) is 18.3. The predicted molar refractivity (Wildman–Crippen MR) is 103 cm³/mol. The minimum Gasteiger partial charge on any atom is -0.372 e. The highest BCUT2D eigenvalue weighted by atomic mass is 79.9. The van der Waals surface area contributed by atoms with Gasteiger partial charge in [-0.2, -0.15) is 8.78 Å². The molecule has 0 aliphatic carbocycles. The van der Waals surface area contributed by atoms with Crippen LogP contribution in [0, 0.1) is 0 Å². The van der Waals surface area contributed by atoms with E-state index in [1.165, 1.54) is 12.1 Å². The molecule has 0 saturated carbocycles. The van der Waals surface area contributed by atoms with E-state index in [9.17, 15) is 4.79 Å². The highest BCUT2D eigenvalue weighted by Gasteiger charge is 2.48. The number of Topliss-reactive ketones (excluding diaryl/α,β-unsaturated/α-hetero) is 1. The number of alkyl halides is 2. The van der Waals surface area contributed by atoms with E-state index in [1.54, 1.807) is 72.8 Å². The van der Waals surface area contributed by atoms with Crippen molar-refractivity contribution in [3.05, 3.63) is 101 Å². The van der Waals surface area contributed by atoms with E-state index in [1.807, 2.05) is 0 Å². The van der Waals surface area contributed by atoms with Crippen molar-refractivity contribution in [2.45, 2.75) is 12.0 Å². The van der Waals surface area contributed by atoms with E-state index in [0.29, 0.717) is 11.3 Å². The van der Waals surface area contributed by atoms with Gasteiger partial charge < -0.3 is 5.32 Å². The van der Waals surface area contributed by atoms with Crippen LogP contribution in [0.3, 0.4) is 0 Å². The summed E-state index contributed by atoms with van der Waals surface area (Å²) in [7, 11) is 0. The molecule has 5 heteroatoms. The Hall–Kier alpha value is -2.53. The average Bonchev–Trinajstić information content (AvgIpc) is 2.68. The monoisotopic (exact) mass is 415 g/mol. The van der Waals surface area contributed by atoms with E-state index >= 15 is 8.78 Å². The Balaban J connectivity index is 2.01. The summed E-state index contributed by atoms with van der Waals surface area (Å²) in [6.07, 6.45) is 0. The number of carbonyl (C=O) groups excluding carboxylic acids is 1. The third-order valence-corrected chi connectivity index (χ3v) is 4.52. The number of rotatable bonds is 6. The molecule has 0 aliphatic rings. The van der Waals surface area contributed by atoms with E-state index in [0.717, 1.165) is 4.47 Å².